The first-order valence-corrected chi connectivity index (χ1v) is 3.14. The summed E-state index contributed by atoms with van der Waals surface area (Å²) in [6.07, 6.45) is 2.27. The van der Waals surface area contributed by atoms with Crippen molar-refractivity contribution in [1.82, 2.24) is 5.32 Å². The molecular formula is C7H13N. The van der Waals surface area contributed by atoms with Crippen molar-refractivity contribution in [3.63, 3.8) is 0 Å². The Balaban J connectivity index is 2.25. The number of hydrogen-bond acceptors (Lipinski definition) is 1. The smallest absolute Gasteiger partial charge is 0.0469 e. The van der Waals surface area contributed by atoms with Gasteiger partial charge in [0.1, 0.15) is 0 Å². The molecular weight excluding hydrogens is 98.1 g/mol. The fraction of sp³-hybridized carbons (Fsp3) is 0.714. The third-order valence-corrected chi connectivity index (χ3v) is 1.59. The Morgan fingerprint density at radius 3 is 2.38 bits per heavy atom. The molecule has 1 rings (SSSR count). The molecule has 0 bridgehead atoms. The first kappa shape index (κ1) is 5.83. The van der Waals surface area contributed by atoms with Gasteiger partial charge in [-0.3, -0.25) is 0 Å². The molecule has 1 heteroatoms. The van der Waals surface area contributed by atoms with E-state index in [2.05, 4.69) is 25.2 Å². The average molecular weight is 111 g/mol. The molecule has 8 heavy (non-hydrogen) atoms. The van der Waals surface area contributed by atoms with Crippen LogP contribution in [0.15, 0.2) is 11.6 Å². The van der Waals surface area contributed by atoms with Crippen molar-refractivity contribution in [2.24, 2.45) is 5.92 Å². The summed E-state index contributed by atoms with van der Waals surface area (Å²) in [4.78, 5) is 0. The molecule has 1 nitrogen and oxygen atoms in total. The number of nitrogens with one attached hydrogen (secondary N) is 1. The van der Waals surface area contributed by atoms with Crippen molar-refractivity contribution in [3.8, 4) is 0 Å². The highest BCUT2D eigenvalue weighted by Crippen LogP contribution is 2.27. The summed E-state index contributed by atoms with van der Waals surface area (Å²) in [6, 6.07) is 0.634. The van der Waals surface area contributed by atoms with E-state index in [-0.39, 0.29) is 0 Å². The lowest BCUT2D eigenvalue weighted by atomic mass is 10.1. The molecule has 1 aliphatic rings. The predicted octanol–water partition coefficient (Wildman–Crippen LogP) is 1.17. The van der Waals surface area contributed by atoms with Crippen LogP contribution < -0.4 is 5.32 Å². The van der Waals surface area contributed by atoms with Crippen LogP contribution in [0.3, 0.4) is 0 Å². The van der Waals surface area contributed by atoms with Gasteiger partial charge in [0.2, 0.25) is 0 Å². The lowest BCUT2D eigenvalue weighted by molar-refractivity contribution is 0.722. The zero-order chi connectivity index (χ0) is 6.15. The van der Waals surface area contributed by atoms with Gasteiger partial charge in [0.05, 0.1) is 0 Å². The zero-order valence-corrected chi connectivity index (χ0v) is 5.73. The Bertz CT molecular complexity index is 114. The molecule has 0 fully saturated rings. The highest BCUT2D eigenvalue weighted by atomic mass is 14.9. The van der Waals surface area contributed by atoms with E-state index < -0.39 is 0 Å². The van der Waals surface area contributed by atoms with E-state index in [1.165, 1.54) is 0 Å². The van der Waals surface area contributed by atoms with Crippen LogP contribution in [0, 0.1) is 5.92 Å². The minimum Gasteiger partial charge on any atom is -0.310 e. The van der Waals surface area contributed by atoms with Crippen LogP contribution in [0.25, 0.3) is 0 Å². The standard InChI is InChI=1S/C7H13N/c1-5(2)6-4-7(6)8-3/h4-5,7-8H,1-3H3. The molecule has 0 aromatic carbocycles. The van der Waals surface area contributed by atoms with Crippen LogP contribution in [-0.2, 0) is 0 Å². The van der Waals surface area contributed by atoms with E-state index in [0.29, 0.717) is 6.04 Å². The van der Waals surface area contributed by atoms with Gasteiger partial charge in [-0.1, -0.05) is 19.9 Å². The summed E-state index contributed by atoms with van der Waals surface area (Å²) in [5, 5.41) is 3.18. The molecule has 0 aromatic rings. The van der Waals surface area contributed by atoms with Gasteiger partial charge in [0.15, 0.2) is 0 Å². The minimum absolute atomic E-state index is 0.634. The van der Waals surface area contributed by atoms with Crippen LogP contribution in [0.1, 0.15) is 13.8 Å². The predicted molar refractivity (Wildman–Crippen MR) is 35.8 cm³/mol. The van der Waals surface area contributed by atoms with Crippen LogP contribution in [-0.4, -0.2) is 13.1 Å². The molecule has 0 aromatic heterocycles. The van der Waals surface area contributed by atoms with Crippen LogP contribution >= 0.6 is 0 Å². The van der Waals surface area contributed by atoms with Gasteiger partial charge in [-0.25, -0.2) is 0 Å². The van der Waals surface area contributed by atoms with Crippen molar-refractivity contribution in [1.29, 1.82) is 0 Å². The number of hydrogen-bond donors (Lipinski definition) is 1. The zero-order valence-electron chi connectivity index (χ0n) is 5.73. The Morgan fingerprint density at radius 2 is 2.25 bits per heavy atom. The normalized spacial score (nSPS) is 26.0. The summed E-state index contributed by atoms with van der Waals surface area (Å²) in [5.41, 5.74) is 1.56. The van der Waals surface area contributed by atoms with Crippen molar-refractivity contribution in [2.75, 3.05) is 7.05 Å². The molecule has 1 atom stereocenters. The van der Waals surface area contributed by atoms with E-state index in [1.54, 1.807) is 5.57 Å². The monoisotopic (exact) mass is 111 g/mol. The third kappa shape index (κ3) is 0.920. The van der Waals surface area contributed by atoms with Gasteiger partial charge in [0.25, 0.3) is 0 Å². The maximum Gasteiger partial charge on any atom is 0.0469 e. The van der Waals surface area contributed by atoms with E-state index in [9.17, 15) is 0 Å². The number of rotatable bonds is 2. The van der Waals surface area contributed by atoms with E-state index in [1.807, 2.05) is 7.05 Å². The van der Waals surface area contributed by atoms with Crippen molar-refractivity contribution >= 4 is 0 Å². The molecule has 1 aliphatic carbocycles. The lowest BCUT2D eigenvalue weighted by Crippen LogP contribution is -2.13. The summed E-state index contributed by atoms with van der Waals surface area (Å²) in [6.45, 7) is 4.45. The first-order chi connectivity index (χ1) is 3.75. The Morgan fingerprint density at radius 1 is 1.62 bits per heavy atom. The van der Waals surface area contributed by atoms with E-state index >= 15 is 0 Å². The fourth-order valence-corrected chi connectivity index (χ4v) is 0.946. The SMILES string of the molecule is CNC1C=C1C(C)C. The third-order valence-electron chi connectivity index (χ3n) is 1.59. The number of likely N-dealkylation sites (N-methyl/N-ethyl adjacent to an activating group) is 1. The van der Waals surface area contributed by atoms with Gasteiger partial charge in [-0.15, -0.1) is 0 Å². The molecule has 46 valence electrons. The quantitative estimate of drug-likeness (QED) is 0.527. The van der Waals surface area contributed by atoms with Gasteiger partial charge in [0, 0.05) is 6.04 Å². The molecule has 1 unspecified atom stereocenters. The van der Waals surface area contributed by atoms with Gasteiger partial charge >= 0.3 is 0 Å². The van der Waals surface area contributed by atoms with Crippen LogP contribution in [0.4, 0.5) is 0 Å². The highest BCUT2D eigenvalue weighted by Gasteiger charge is 2.24. The van der Waals surface area contributed by atoms with Gasteiger partial charge in [-0.2, -0.15) is 0 Å². The molecule has 0 aliphatic heterocycles. The maximum absolute atomic E-state index is 3.18. The van der Waals surface area contributed by atoms with Crippen molar-refractivity contribution in [2.45, 2.75) is 19.9 Å². The van der Waals surface area contributed by atoms with Gasteiger partial charge in [-0.05, 0) is 18.5 Å². The molecule has 0 heterocycles. The van der Waals surface area contributed by atoms with Gasteiger partial charge < -0.3 is 5.32 Å². The average Bonchev–Trinajstić information content (AvgIpc) is 2.42. The fourth-order valence-electron chi connectivity index (χ4n) is 0.946. The van der Waals surface area contributed by atoms with E-state index in [4.69, 9.17) is 0 Å². The van der Waals surface area contributed by atoms with Crippen LogP contribution in [0.5, 0.6) is 0 Å². The summed E-state index contributed by atoms with van der Waals surface area (Å²) >= 11 is 0. The second-order valence-electron chi connectivity index (χ2n) is 2.59. The Kier molecular flexibility index (Phi) is 1.39. The maximum atomic E-state index is 3.18. The van der Waals surface area contributed by atoms with Crippen molar-refractivity contribution in [3.05, 3.63) is 11.6 Å². The molecule has 1 N–H and O–H groups in total. The summed E-state index contributed by atoms with van der Waals surface area (Å²) < 4.78 is 0. The summed E-state index contributed by atoms with van der Waals surface area (Å²) in [5.74, 6) is 0.743. The Hall–Kier alpha value is -0.300. The second-order valence-corrected chi connectivity index (χ2v) is 2.59. The topological polar surface area (TPSA) is 12.0 Å². The lowest BCUT2D eigenvalue weighted by Gasteiger charge is -1.99. The second kappa shape index (κ2) is 1.90. The summed E-state index contributed by atoms with van der Waals surface area (Å²) in [7, 11) is 2.00. The van der Waals surface area contributed by atoms with E-state index in [0.717, 1.165) is 5.92 Å². The first-order valence-electron chi connectivity index (χ1n) is 3.14. The highest BCUT2D eigenvalue weighted by molar-refractivity contribution is 5.35. The van der Waals surface area contributed by atoms with Crippen LogP contribution in [0.2, 0.25) is 0 Å². The largest absolute Gasteiger partial charge is 0.310 e. The van der Waals surface area contributed by atoms with Crippen molar-refractivity contribution < 1.29 is 0 Å². The Labute approximate surface area is 50.8 Å². The molecule has 0 radical (unpaired) electrons. The molecule has 0 saturated carbocycles. The molecule has 0 saturated heterocycles. The molecule has 0 spiro atoms. The minimum atomic E-state index is 0.634. The molecule has 0 amide bonds.